The van der Waals surface area contributed by atoms with Crippen molar-refractivity contribution in [3.05, 3.63) is 42.9 Å². The molecule has 3 rings (SSSR count). The molecule has 0 amide bonds. The Morgan fingerprint density at radius 2 is 1.77 bits per heavy atom. The van der Waals surface area contributed by atoms with Crippen LogP contribution in [0.2, 0.25) is 0 Å². The van der Waals surface area contributed by atoms with Gasteiger partial charge in [0.05, 0.1) is 0 Å². The summed E-state index contributed by atoms with van der Waals surface area (Å²) in [5.74, 6) is 0.619. The normalized spacial score (nSPS) is 17.1. The van der Waals surface area contributed by atoms with Crippen LogP contribution in [0.3, 0.4) is 0 Å². The molecule has 1 N–H and O–H groups in total. The van der Waals surface area contributed by atoms with Gasteiger partial charge in [-0.05, 0) is 37.6 Å². The second-order valence-electron chi connectivity index (χ2n) is 7.24. The summed E-state index contributed by atoms with van der Waals surface area (Å²) >= 11 is 0. The molecular formula is C19H27N5O4S2. The lowest BCUT2D eigenvalue weighted by atomic mass is 10.2. The number of aromatic nitrogens is 2. The van der Waals surface area contributed by atoms with Gasteiger partial charge in [-0.3, -0.25) is 4.98 Å². The molecule has 1 fully saturated rings. The van der Waals surface area contributed by atoms with Crippen molar-refractivity contribution in [3.63, 3.8) is 0 Å². The molecule has 3 heterocycles. The molecule has 0 aliphatic carbocycles. The number of nitrogens with zero attached hydrogens (tertiary/aromatic N) is 4. The van der Waals surface area contributed by atoms with E-state index in [-0.39, 0.29) is 15.8 Å². The molecule has 2 aromatic rings. The van der Waals surface area contributed by atoms with Gasteiger partial charge < -0.3 is 4.90 Å². The van der Waals surface area contributed by atoms with Crippen molar-refractivity contribution in [2.24, 2.45) is 0 Å². The highest BCUT2D eigenvalue weighted by molar-refractivity contribution is 7.89. The second-order valence-corrected chi connectivity index (χ2v) is 10.9. The molecule has 0 spiro atoms. The minimum Gasteiger partial charge on any atom is -0.354 e. The monoisotopic (exact) mass is 453 g/mol. The molecule has 1 saturated heterocycles. The van der Waals surface area contributed by atoms with Crippen molar-refractivity contribution in [3.8, 4) is 0 Å². The topological polar surface area (TPSA) is 113 Å². The van der Waals surface area contributed by atoms with Crippen LogP contribution in [-0.4, -0.2) is 63.3 Å². The fraction of sp³-hybridized carbons (Fsp3) is 0.474. The molecule has 0 aromatic carbocycles. The van der Waals surface area contributed by atoms with Crippen LogP contribution in [0.5, 0.6) is 0 Å². The van der Waals surface area contributed by atoms with E-state index in [0.717, 1.165) is 12.8 Å². The number of rotatable bonds is 8. The van der Waals surface area contributed by atoms with E-state index < -0.39 is 20.0 Å². The Morgan fingerprint density at radius 3 is 2.33 bits per heavy atom. The van der Waals surface area contributed by atoms with Gasteiger partial charge in [0.25, 0.3) is 0 Å². The first-order valence-electron chi connectivity index (χ1n) is 9.87. The van der Waals surface area contributed by atoms with E-state index in [1.807, 2.05) is 18.7 Å². The van der Waals surface area contributed by atoms with Crippen LogP contribution in [0.1, 0.15) is 26.7 Å². The van der Waals surface area contributed by atoms with Gasteiger partial charge in [0.2, 0.25) is 20.0 Å². The molecular weight excluding hydrogens is 426 g/mol. The van der Waals surface area contributed by atoms with Crippen LogP contribution in [0, 0.1) is 0 Å². The number of piperazine rings is 1. The van der Waals surface area contributed by atoms with E-state index in [1.165, 1.54) is 35.0 Å². The molecule has 0 radical (unpaired) electrons. The zero-order valence-electron chi connectivity index (χ0n) is 17.1. The smallest absolute Gasteiger partial charge is 0.244 e. The molecule has 1 aliphatic rings. The maximum Gasteiger partial charge on any atom is 0.244 e. The lowest BCUT2D eigenvalue weighted by Crippen LogP contribution is -2.48. The molecule has 30 heavy (non-hydrogen) atoms. The number of anilines is 1. The third-order valence-corrected chi connectivity index (χ3v) is 8.40. The van der Waals surface area contributed by atoms with E-state index in [9.17, 15) is 16.8 Å². The predicted octanol–water partition coefficient (Wildman–Crippen LogP) is 1.45. The summed E-state index contributed by atoms with van der Waals surface area (Å²) in [5.41, 5.74) is 0. The highest BCUT2D eigenvalue weighted by Gasteiger charge is 2.29. The number of hydrogen-bond donors (Lipinski definition) is 1. The first-order chi connectivity index (χ1) is 14.2. The largest absolute Gasteiger partial charge is 0.354 e. The van der Waals surface area contributed by atoms with E-state index in [0.29, 0.717) is 32.0 Å². The minimum atomic E-state index is -3.61. The van der Waals surface area contributed by atoms with E-state index in [4.69, 9.17) is 0 Å². The fourth-order valence-electron chi connectivity index (χ4n) is 3.35. The molecule has 9 nitrogen and oxygen atoms in total. The zero-order valence-corrected chi connectivity index (χ0v) is 18.7. The second kappa shape index (κ2) is 9.38. The van der Waals surface area contributed by atoms with Crippen molar-refractivity contribution in [1.29, 1.82) is 0 Å². The Kier molecular flexibility index (Phi) is 7.06. The summed E-state index contributed by atoms with van der Waals surface area (Å²) in [6, 6.07) is 6.17. The number of sulfonamides is 2. The van der Waals surface area contributed by atoms with Crippen LogP contribution in [0.15, 0.2) is 52.6 Å². The van der Waals surface area contributed by atoms with Gasteiger partial charge >= 0.3 is 0 Å². The minimum absolute atomic E-state index is 0.118. The Balaban J connectivity index is 1.64. The molecule has 2 aromatic heterocycles. The van der Waals surface area contributed by atoms with E-state index >= 15 is 0 Å². The van der Waals surface area contributed by atoms with E-state index in [1.54, 1.807) is 12.1 Å². The summed E-state index contributed by atoms with van der Waals surface area (Å²) in [7, 11) is -7.19. The van der Waals surface area contributed by atoms with Gasteiger partial charge in [0.1, 0.15) is 15.6 Å². The van der Waals surface area contributed by atoms with Crippen LogP contribution >= 0.6 is 0 Å². The van der Waals surface area contributed by atoms with Crippen molar-refractivity contribution in [2.45, 2.75) is 42.5 Å². The van der Waals surface area contributed by atoms with Gasteiger partial charge in [-0.2, -0.15) is 4.31 Å². The van der Waals surface area contributed by atoms with Crippen molar-refractivity contribution in [2.75, 3.05) is 31.1 Å². The Hall–Kier alpha value is -2.08. The molecule has 0 bridgehead atoms. The van der Waals surface area contributed by atoms with Gasteiger partial charge in [0.15, 0.2) is 0 Å². The number of hydrogen-bond acceptors (Lipinski definition) is 7. The van der Waals surface area contributed by atoms with Gasteiger partial charge in [-0.15, -0.1) is 0 Å². The lowest BCUT2D eigenvalue weighted by Gasteiger charge is -2.34. The third kappa shape index (κ3) is 5.15. The maximum absolute atomic E-state index is 12.7. The first-order valence-corrected chi connectivity index (χ1v) is 12.8. The summed E-state index contributed by atoms with van der Waals surface area (Å²) in [6.07, 6.45) is 5.87. The summed E-state index contributed by atoms with van der Waals surface area (Å²) in [6.45, 7) is 5.39. The molecule has 0 unspecified atom stereocenters. The quantitative estimate of drug-likeness (QED) is 0.644. The van der Waals surface area contributed by atoms with Gasteiger partial charge in [-0.1, -0.05) is 13.3 Å². The van der Waals surface area contributed by atoms with Crippen LogP contribution in [-0.2, 0) is 20.0 Å². The summed E-state index contributed by atoms with van der Waals surface area (Å²) in [5, 5.41) is 0. The van der Waals surface area contributed by atoms with Crippen molar-refractivity contribution >= 4 is 25.9 Å². The van der Waals surface area contributed by atoms with E-state index in [2.05, 4.69) is 14.7 Å². The highest BCUT2D eigenvalue weighted by atomic mass is 32.2. The molecule has 1 aliphatic heterocycles. The van der Waals surface area contributed by atoms with Gasteiger partial charge in [0, 0.05) is 50.8 Å². The van der Waals surface area contributed by atoms with Crippen molar-refractivity contribution in [1.82, 2.24) is 19.0 Å². The van der Waals surface area contributed by atoms with Crippen LogP contribution < -0.4 is 9.62 Å². The Bertz CT molecular complexity index is 1040. The number of pyridine rings is 2. The molecule has 164 valence electrons. The summed E-state index contributed by atoms with van der Waals surface area (Å²) in [4.78, 5) is 10.4. The first kappa shape index (κ1) is 22.6. The zero-order chi connectivity index (χ0) is 21.8. The third-order valence-electron chi connectivity index (χ3n) is 4.94. The fourth-order valence-corrected chi connectivity index (χ4v) is 5.96. The standard InChI is InChI=1S/C19H27N5O4S2/c1-3-5-16(2)22-29(25,26)17-7-8-19(21-15-17)23-10-12-24(13-11-23)30(27,28)18-6-4-9-20-14-18/h4,6-9,14-16,22H,3,5,10-13H2,1-2H3/t16-/m0/s1. The number of nitrogens with one attached hydrogen (secondary N) is 1. The maximum atomic E-state index is 12.7. The molecule has 11 heteroatoms. The van der Waals surface area contributed by atoms with Crippen LogP contribution in [0.4, 0.5) is 5.82 Å². The van der Waals surface area contributed by atoms with Crippen molar-refractivity contribution < 1.29 is 16.8 Å². The van der Waals surface area contributed by atoms with Crippen LogP contribution in [0.25, 0.3) is 0 Å². The molecule has 0 saturated carbocycles. The highest BCUT2D eigenvalue weighted by Crippen LogP contribution is 2.20. The lowest BCUT2D eigenvalue weighted by molar-refractivity contribution is 0.383. The SMILES string of the molecule is CCC[C@H](C)NS(=O)(=O)c1ccc(N2CCN(S(=O)(=O)c3cccnc3)CC2)nc1. The van der Waals surface area contributed by atoms with Gasteiger partial charge in [-0.25, -0.2) is 26.5 Å². The Labute approximate surface area is 178 Å². The average Bonchev–Trinajstić information content (AvgIpc) is 2.74. The predicted molar refractivity (Wildman–Crippen MR) is 114 cm³/mol. The Morgan fingerprint density at radius 1 is 1.03 bits per heavy atom. The summed E-state index contributed by atoms with van der Waals surface area (Å²) < 4.78 is 54.4. The average molecular weight is 454 g/mol. The molecule has 1 atom stereocenters.